The summed E-state index contributed by atoms with van der Waals surface area (Å²) in [4.78, 5) is 26.0. The molecule has 1 aromatic carbocycles. The zero-order valence-electron chi connectivity index (χ0n) is 12.4. The monoisotopic (exact) mass is 303 g/mol. The number of hydrogen-bond acceptors (Lipinski definition) is 5. The minimum absolute atomic E-state index is 0.183. The third kappa shape index (κ3) is 2.46. The molecule has 0 spiro atoms. The van der Waals surface area contributed by atoms with Gasteiger partial charge >= 0.3 is 5.97 Å². The minimum Gasteiger partial charge on any atom is -0.467 e. The van der Waals surface area contributed by atoms with Gasteiger partial charge in [0.1, 0.15) is 11.6 Å². The van der Waals surface area contributed by atoms with Crippen molar-refractivity contribution in [3.63, 3.8) is 0 Å². The first kappa shape index (κ1) is 14.6. The third-order valence-corrected chi connectivity index (χ3v) is 3.97. The predicted molar refractivity (Wildman–Crippen MR) is 78.5 cm³/mol. The summed E-state index contributed by atoms with van der Waals surface area (Å²) in [5, 5.41) is 0.850. The van der Waals surface area contributed by atoms with E-state index >= 15 is 0 Å². The Morgan fingerprint density at radius 1 is 1.27 bits per heavy atom. The lowest BCUT2D eigenvalue weighted by molar-refractivity contribution is -0.145. The summed E-state index contributed by atoms with van der Waals surface area (Å²) < 4.78 is 15.7. The first-order valence-electron chi connectivity index (χ1n) is 7.04. The number of nitrogens with zero attached hydrogens (tertiary/aromatic N) is 1. The Morgan fingerprint density at radius 3 is 2.73 bits per heavy atom. The molecule has 1 amide bonds. The van der Waals surface area contributed by atoms with Crippen LogP contribution in [-0.4, -0.2) is 49.7 Å². The Hall–Kier alpha value is -2.34. The molecule has 0 bridgehead atoms. The van der Waals surface area contributed by atoms with Crippen molar-refractivity contribution in [2.45, 2.75) is 18.6 Å². The van der Waals surface area contributed by atoms with E-state index in [2.05, 4.69) is 0 Å². The topological polar surface area (TPSA) is 69.0 Å². The van der Waals surface area contributed by atoms with Gasteiger partial charge in [0.25, 0.3) is 5.91 Å². The quantitative estimate of drug-likeness (QED) is 0.809. The molecule has 6 nitrogen and oxygen atoms in total. The summed E-state index contributed by atoms with van der Waals surface area (Å²) in [5.74, 6) is -0.554. The number of furan rings is 1. The van der Waals surface area contributed by atoms with Crippen LogP contribution in [0.4, 0.5) is 0 Å². The molecule has 0 N–H and O–H groups in total. The molecule has 1 aliphatic heterocycles. The predicted octanol–water partition coefficient (Wildman–Crippen LogP) is 1.84. The molecular formula is C16H17NO5. The van der Waals surface area contributed by atoms with Crippen LogP contribution in [0.5, 0.6) is 0 Å². The summed E-state index contributed by atoms with van der Waals surface area (Å²) in [7, 11) is 2.88. The van der Waals surface area contributed by atoms with Crippen LogP contribution in [0.15, 0.2) is 34.7 Å². The number of benzene rings is 1. The van der Waals surface area contributed by atoms with Crippen LogP contribution in [0.3, 0.4) is 0 Å². The number of amides is 1. The maximum Gasteiger partial charge on any atom is 0.328 e. The minimum atomic E-state index is -0.643. The molecule has 1 aromatic heterocycles. The number of carbonyl (C=O) groups is 2. The summed E-state index contributed by atoms with van der Waals surface area (Å²) in [6, 6.07) is 8.43. The van der Waals surface area contributed by atoms with Crippen LogP contribution in [0.2, 0.25) is 0 Å². The van der Waals surface area contributed by atoms with Gasteiger partial charge < -0.3 is 18.8 Å². The van der Waals surface area contributed by atoms with Gasteiger partial charge in [-0.15, -0.1) is 0 Å². The molecule has 2 unspecified atom stereocenters. The highest BCUT2D eigenvalue weighted by molar-refractivity contribution is 5.98. The van der Waals surface area contributed by atoms with Crippen LogP contribution in [-0.2, 0) is 14.3 Å². The highest BCUT2D eigenvalue weighted by Crippen LogP contribution is 2.26. The second-order valence-corrected chi connectivity index (χ2v) is 5.24. The van der Waals surface area contributed by atoms with Gasteiger partial charge in [-0.05, 0) is 12.1 Å². The standard InChI is InChI=1S/C16H17NO5/c1-20-11-8-12(16(19)21-2)17(9-11)15(18)14-7-10-5-3-4-6-13(10)22-14/h3-7,11-12H,8-9H2,1-2H3. The molecule has 2 atom stereocenters. The van der Waals surface area contributed by atoms with Gasteiger partial charge in [-0.3, -0.25) is 4.79 Å². The fourth-order valence-corrected chi connectivity index (χ4v) is 2.78. The second kappa shape index (κ2) is 5.81. The summed E-state index contributed by atoms with van der Waals surface area (Å²) in [5.41, 5.74) is 0.642. The molecule has 22 heavy (non-hydrogen) atoms. The number of ether oxygens (including phenoxy) is 2. The maximum atomic E-state index is 12.7. The lowest BCUT2D eigenvalue weighted by atomic mass is 10.2. The van der Waals surface area contributed by atoms with Crippen LogP contribution in [0.25, 0.3) is 11.0 Å². The Morgan fingerprint density at radius 2 is 2.05 bits per heavy atom. The molecule has 1 fully saturated rings. The first-order valence-corrected chi connectivity index (χ1v) is 7.04. The van der Waals surface area contributed by atoms with E-state index in [-0.39, 0.29) is 17.8 Å². The van der Waals surface area contributed by atoms with Crippen LogP contribution >= 0.6 is 0 Å². The molecule has 0 radical (unpaired) electrons. The zero-order chi connectivity index (χ0) is 15.7. The van der Waals surface area contributed by atoms with Crippen molar-refractivity contribution in [1.29, 1.82) is 0 Å². The molecular weight excluding hydrogens is 286 g/mol. The zero-order valence-corrected chi connectivity index (χ0v) is 12.4. The van der Waals surface area contributed by atoms with Gasteiger partial charge in [0.2, 0.25) is 0 Å². The van der Waals surface area contributed by atoms with Crippen LogP contribution in [0, 0.1) is 0 Å². The van der Waals surface area contributed by atoms with Gasteiger partial charge in [-0.1, -0.05) is 18.2 Å². The van der Waals surface area contributed by atoms with Crippen LogP contribution < -0.4 is 0 Å². The average Bonchev–Trinajstić information content (AvgIpc) is 3.17. The van der Waals surface area contributed by atoms with E-state index in [0.29, 0.717) is 18.5 Å². The number of rotatable bonds is 3. The van der Waals surface area contributed by atoms with Gasteiger partial charge in [-0.2, -0.15) is 0 Å². The van der Waals surface area contributed by atoms with E-state index in [1.54, 1.807) is 19.2 Å². The fourth-order valence-electron chi connectivity index (χ4n) is 2.78. The van der Waals surface area contributed by atoms with E-state index in [9.17, 15) is 9.59 Å². The highest BCUT2D eigenvalue weighted by Gasteiger charge is 2.41. The van der Waals surface area contributed by atoms with E-state index in [1.807, 2.05) is 18.2 Å². The number of para-hydroxylation sites is 1. The van der Waals surface area contributed by atoms with E-state index in [0.717, 1.165) is 5.39 Å². The molecule has 1 aliphatic rings. The normalized spacial score (nSPS) is 21.3. The number of methoxy groups -OCH3 is 2. The summed E-state index contributed by atoms with van der Waals surface area (Å²) in [6.45, 7) is 0.339. The number of carbonyl (C=O) groups excluding carboxylic acids is 2. The SMILES string of the molecule is COC(=O)C1CC(OC)CN1C(=O)c1cc2ccccc2o1. The van der Waals surface area contributed by atoms with Gasteiger partial charge in [0.05, 0.1) is 13.2 Å². The molecule has 116 valence electrons. The fraction of sp³-hybridized carbons (Fsp3) is 0.375. The Labute approximate surface area is 127 Å². The van der Waals surface area contributed by atoms with Crippen molar-refractivity contribution in [3.05, 3.63) is 36.1 Å². The van der Waals surface area contributed by atoms with Crippen molar-refractivity contribution in [3.8, 4) is 0 Å². The summed E-state index contributed by atoms with van der Waals surface area (Å²) in [6.07, 6.45) is 0.243. The van der Waals surface area contributed by atoms with Crippen molar-refractivity contribution in [1.82, 2.24) is 4.90 Å². The van der Waals surface area contributed by atoms with Crippen molar-refractivity contribution in [2.24, 2.45) is 0 Å². The molecule has 2 aromatic rings. The van der Waals surface area contributed by atoms with Crippen molar-refractivity contribution >= 4 is 22.8 Å². The Balaban J connectivity index is 1.90. The Kier molecular flexibility index (Phi) is 3.85. The van der Waals surface area contributed by atoms with E-state index < -0.39 is 12.0 Å². The van der Waals surface area contributed by atoms with Crippen molar-refractivity contribution in [2.75, 3.05) is 20.8 Å². The van der Waals surface area contributed by atoms with E-state index in [1.165, 1.54) is 12.0 Å². The lowest BCUT2D eigenvalue weighted by Crippen LogP contribution is -2.41. The van der Waals surface area contributed by atoms with Crippen LogP contribution in [0.1, 0.15) is 17.0 Å². The smallest absolute Gasteiger partial charge is 0.328 e. The largest absolute Gasteiger partial charge is 0.467 e. The second-order valence-electron chi connectivity index (χ2n) is 5.24. The van der Waals surface area contributed by atoms with Crippen molar-refractivity contribution < 1.29 is 23.5 Å². The molecule has 6 heteroatoms. The molecule has 2 heterocycles. The number of esters is 1. The average molecular weight is 303 g/mol. The van der Waals surface area contributed by atoms with E-state index in [4.69, 9.17) is 13.9 Å². The Bertz CT molecular complexity index is 674. The molecule has 3 rings (SSSR count). The molecule has 0 aliphatic carbocycles. The van der Waals surface area contributed by atoms with Gasteiger partial charge in [0, 0.05) is 25.5 Å². The van der Waals surface area contributed by atoms with Gasteiger partial charge in [0.15, 0.2) is 5.76 Å². The van der Waals surface area contributed by atoms with Gasteiger partial charge in [-0.25, -0.2) is 4.79 Å². The highest BCUT2D eigenvalue weighted by atomic mass is 16.5. The number of hydrogen-bond donors (Lipinski definition) is 0. The molecule has 1 saturated heterocycles. The number of likely N-dealkylation sites (tertiary alicyclic amines) is 1. The third-order valence-electron chi connectivity index (χ3n) is 3.97. The number of fused-ring (bicyclic) bond motifs is 1. The first-order chi connectivity index (χ1) is 10.6. The summed E-state index contributed by atoms with van der Waals surface area (Å²) >= 11 is 0. The molecule has 0 saturated carbocycles. The maximum absolute atomic E-state index is 12.7. The lowest BCUT2D eigenvalue weighted by Gasteiger charge is -2.21.